The number of fused-ring (bicyclic) bond motifs is 3. The number of aromatic amines is 1. The summed E-state index contributed by atoms with van der Waals surface area (Å²) in [6.07, 6.45) is 0.879. The Morgan fingerprint density at radius 2 is 1.93 bits per heavy atom. The summed E-state index contributed by atoms with van der Waals surface area (Å²) in [5.41, 5.74) is 0.921. The number of nitrogens with zero attached hydrogens (tertiary/aromatic N) is 3. The number of H-pyrrole nitrogens is 1. The van der Waals surface area contributed by atoms with Crippen LogP contribution in [0.2, 0.25) is 0 Å². The lowest BCUT2D eigenvalue weighted by Crippen LogP contribution is -2.21. The molecule has 30 heavy (non-hydrogen) atoms. The van der Waals surface area contributed by atoms with Gasteiger partial charge >= 0.3 is 5.97 Å². The monoisotopic (exact) mass is 402 g/mol. The molecule has 0 spiro atoms. The summed E-state index contributed by atoms with van der Waals surface area (Å²) in [7, 11) is 0. The second-order valence-electron chi connectivity index (χ2n) is 7.34. The molecule has 2 aromatic carbocycles. The Labute approximate surface area is 170 Å². The number of ether oxygens (including phenoxy) is 1. The van der Waals surface area contributed by atoms with E-state index in [1.807, 2.05) is 0 Å². The standard InChI is InChI=1S/C22H18N4O4/c1-12(19-24-16-6-3-2-5-14(16)20(27)25-19)30-22(29)13-8-9-15-17(11-13)23-18-7-4-10-26(18)21(15)28/h2-3,5-6,8-9,11-12H,4,7,10H2,1H3,(H,24,25,27)/t12-/m0/s1. The van der Waals surface area contributed by atoms with Crippen LogP contribution in [0.3, 0.4) is 0 Å². The summed E-state index contributed by atoms with van der Waals surface area (Å²) < 4.78 is 7.20. The van der Waals surface area contributed by atoms with Crippen LogP contribution in [0.5, 0.6) is 0 Å². The van der Waals surface area contributed by atoms with E-state index in [0.717, 1.165) is 18.7 Å². The van der Waals surface area contributed by atoms with Crippen molar-refractivity contribution in [1.29, 1.82) is 0 Å². The van der Waals surface area contributed by atoms with Crippen molar-refractivity contribution in [1.82, 2.24) is 19.5 Å². The van der Waals surface area contributed by atoms with E-state index in [9.17, 15) is 14.4 Å². The number of benzene rings is 2. The second-order valence-corrected chi connectivity index (χ2v) is 7.34. The molecule has 0 radical (unpaired) electrons. The fourth-order valence-corrected chi connectivity index (χ4v) is 3.79. The highest BCUT2D eigenvalue weighted by atomic mass is 16.5. The molecule has 0 aliphatic carbocycles. The number of aromatic nitrogens is 4. The quantitative estimate of drug-likeness (QED) is 0.528. The minimum absolute atomic E-state index is 0.0845. The summed E-state index contributed by atoms with van der Waals surface area (Å²) in [6.45, 7) is 2.32. The molecule has 8 nitrogen and oxygen atoms in total. The van der Waals surface area contributed by atoms with Crippen molar-refractivity contribution in [2.24, 2.45) is 0 Å². The number of aryl methyl sites for hydroxylation is 1. The van der Waals surface area contributed by atoms with Crippen LogP contribution in [0, 0.1) is 0 Å². The average molecular weight is 402 g/mol. The molecule has 0 unspecified atom stereocenters. The van der Waals surface area contributed by atoms with E-state index in [1.165, 1.54) is 0 Å². The van der Waals surface area contributed by atoms with Gasteiger partial charge in [-0.3, -0.25) is 14.2 Å². The number of hydrogen-bond acceptors (Lipinski definition) is 6. The molecule has 4 aromatic rings. The van der Waals surface area contributed by atoms with Gasteiger partial charge in [-0.15, -0.1) is 0 Å². The molecule has 1 N–H and O–H groups in total. The Bertz CT molecular complexity index is 1440. The first-order chi connectivity index (χ1) is 14.5. The maximum absolute atomic E-state index is 12.7. The van der Waals surface area contributed by atoms with Crippen LogP contribution in [0.1, 0.15) is 41.5 Å². The number of carbonyl (C=O) groups is 1. The van der Waals surface area contributed by atoms with Gasteiger partial charge < -0.3 is 9.72 Å². The zero-order valence-corrected chi connectivity index (χ0v) is 16.2. The molecular formula is C22H18N4O4. The lowest BCUT2D eigenvalue weighted by molar-refractivity contribution is 0.0320. The predicted octanol–water partition coefficient (Wildman–Crippen LogP) is 2.50. The minimum Gasteiger partial charge on any atom is -0.451 e. The number of para-hydroxylation sites is 1. The highest BCUT2D eigenvalue weighted by molar-refractivity contribution is 5.94. The predicted molar refractivity (Wildman–Crippen MR) is 111 cm³/mol. The zero-order valence-electron chi connectivity index (χ0n) is 16.2. The lowest BCUT2D eigenvalue weighted by Gasteiger charge is -2.13. The van der Waals surface area contributed by atoms with Crippen molar-refractivity contribution in [2.75, 3.05) is 0 Å². The number of carbonyl (C=O) groups excluding carboxylic acids is 1. The molecule has 1 atom stereocenters. The molecule has 1 aliphatic heterocycles. The molecule has 150 valence electrons. The smallest absolute Gasteiger partial charge is 0.338 e. The molecule has 0 saturated carbocycles. The summed E-state index contributed by atoms with van der Waals surface area (Å²) in [5, 5.41) is 0.949. The number of esters is 1. The first-order valence-corrected chi connectivity index (χ1v) is 9.75. The Kier molecular flexibility index (Phi) is 4.20. The molecule has 0 fully saturated rings. The topological polar surface area (TPSA) is 107 Å². The number of hydrogen-bond donors (Lipinski definition) is 1. The van der Waals surface area contributed by atoms with Gasteiger partial charge in [-0.1, -0.05) is 12.1 Å². The summed E-state index contributed by atoms with van der Waals surface area (Å²) in [5.74, 6) is 0.425. The van der Waals surface area contributed by atoms with Crippen LogP contribution in [-0.4, -0.2) is 25.5 Å². The highest BCUT2D eigenvalue weighted by Crippen LogP contribution is 2.20. The summed E-state index contributed by atoms with van der Waals surface area (Å²) in [4.78, 5) is 49.1. The van der Waals surface area contributed by atoms with Gasteiger partial charge in [0, 0.05) is 13.0 Å². The van der Waals surface area contributed by atoms with Gasteiger partial charge in [-0.25, -0.2) is 14.8 Å². The largest absolute Gasteiger partial charge is 0.451 e. The molecule has 0 bridgehead atoms. The van der Waals surface area contributed by atoms with Gasteiger partial charge in [-0.2, -0.15) is 0 Å². The van der Waals surface area contributed by atoms with Crippen LogP contribution >= 0.6 is 0 Å². The van der Waals surface area contributed by atoms with Crippen LogP contribution in [0.4, 0.5) is 0 Å². The highest BCUT2D eigenvalue weighted by Gasteiger charge is 2.20. The number of nitrogens with one attached hydrogen (secondary N) is 1. The van der Waals surface area contributed by atoms with Gasteiger partial charge in [0.25, 0.3) is 11.1 Å². The fourth-order valence-electron chi connectivity index (χ4n) is 3.79. The maximum Gasteiger partial charge on any atom is 0.338 e. The van der Waals surface area contributed by atoms with Crippen molar-refractivity contribution < 1.29 is 9.53 Å². The molecule has 2 aromatic heterocycles. The SMILES string of the molecule is C[C@H](OC(=O)c1ccc2c(=O)n3c(nc2c1)CCC3)c1nc2ccccc2c(=O)[nH]1. The van der Waals surface area contributed by atoms with Crippen molar-refractivity contribution in [3.63, 3.8) is 0 Å². The van der Waals surface area contributed by atoms with E-state index in [2.05, 4.69) is 15.0 Å². The molecule has 0 amide bonds. The van der Waals surface area contributed by atoms with Gasteiger partial charge in [0.1, 0.15) is 5.82 Å². The van der Waals surface area contributed by atoms with E-state index >= 15 is 0 Å². The molecule has 0 saturated heterocycles. The van der Waals surface area contributed by atoms with Crippen molar-refractivity contribution in [2.45, 2.75) is 32.4 Å². The van der Waals surface area contributed by atoms with Gasteiger partial charge in [-0.05, 0) is 43.7 Å². The molecule has 5 rings (SSSR count). The van der Waals surface area contributed by atoms with E-state index in [4.69, 9.17) is 4.74 Å². The zero-order chi connectivity index (χ0) is 20.8. The normalized spacial score (nSPS) is 14.0. The third-order valence-electron chi connectivity index (χ3n) is 5.35. The van der Waals surface area contributed by atoms with Crippen LogP contribution in [0.15, 0.2) is 52.1 Å². The minimum atomic E-state index is -0.760. The van der Waals surface area contributed by atoms with Crippen molar-refractivity contribution in [3.05, 3.63) is 80.4 Å². The Balaban J connectivity index is 1.45. The van der Waals surface area contributed by atoms with Crippen LogP contribution < -0.4 is 11.1 Å². The molecular weight excluding hydrogens is 384 g/mol. The third-order valence-corrected chi connectivity index (χ3v) is 5.35. The summed E-state index contributed by atoms with van der Waals surface area (Å²) in [6, 6.07) is 11.7. The van der Waals surface area contributed by atoms with Gasteiger partial charge in [0.2, 0.25) is 0 Å². The molecule has 1 aliphatic rings. The summed E-state index contributed by atoms with van der Waals surface area (Å²) >= 11 is 0. The second kappa shape index (κ2) is 6.91. The van der Waals surface area contributed by atoms with Crippen molar-refractivity contribution >= 4 is 27.8 Å². The Hall–Kier alpha value is -3.81. The molecule has 8 heteroatoms. The van der Waals surface area contributed by atoms with E-state index in [-0.39, 0.29) is 22.5 Å². The van der Waals surface area contributed by atoms with Gasteiger partial charge in [0.05, 0.1) is 27.4 Å². The number of rotatable bonds is 3. The lowest BCUT2D eigenvalue weighted by atomic mass is 10.1. The third kappa shape index (κ3) is 2.97. The van der Waals surface area contributed by atoms with Gasteiger partial charge in [0.15, 0.2) is 11.9 Å². The maximum atomic E-state index is 12.7. The first-order valence-electron chi connectivity index (χ1n) is 9.75. The van der Waals surface area contributed by atoms with E-state index < -0.39 is 12.1 Å². The molecule has 3 heterocycles. The van der Waals surface area contributed by atoms with E-state index in [1.54, 1.807) is 54.0 Å². The van der Waals surface area contributed by atoms with Crippen molar-refractivity contribution in [3.8, 4) is 0 Å². The fraction of sp³-hybridized carbons (Fsp3) is 0.227. The Morgan fingerprint density at radius 3 is 2.80 bits per heavy atom. The van der Waals surface area contributed by atoms with Crippen LogP contribution in [0.25, 0.3) is 21.8 Å². The van der Waals surface area contributed by atoms with Crippen LogP contribution in [-0.2, 0) is 17.7 Å². The first kappa shape index (κ1) is 18.2. The Morgan fingerprint density at radius 1 is 1.10 bits per heavy atom. The van der Waals surface area contributed by atoms with E-state index in [0.29, 0.717) is 28.4 Å². The average Bonchev–Trinajstić information content (AvgIpc) is 3.22.